The van der Waals surface area contributed by atoms with Crippen LogP contribution in [-0.4, -0.2) is 0 Å². The van der Waals surface area contributed by atoms with Gasteiger partial charge in [0.2, 0.25) is 0 Å². The Morgan fingerprint density at radius 1 is 0.291 bits per heavy atom. The zero-order chi connectivity index (χ0) is 36.3. The zero-order valence-corrected chi connectivity index (χ0v) is 31.4. The van der Waals surface area contributed by atoms with Gasteiger partial charge in [-0.1, -0.05) is 127 Å². The smallest absolute Gasteiger partial charge is 0.0467 e. The van der Waals surface area contributed by atoms with E-state index in [4.69, 9.17) is 0 Å². The van der Waals surface area contributed by atoms with E-state index < -0.39 is 0 Å². The van der Waals surface area contributed by atoms with Crippen LogP contribution in [-0.2, 0) is 0 Å². The fourth-order valence-electron chi connectivity index (χ4n) is 8.18. The summed E-state index contributed by atoms with van der Waals surface area (Å²) in [6.45, 7) is 0. The second kappa shape index (κ2) is 13.1. The Kier molecular flexibility index (Phi) is 7.61. The summed E-state index contributed by atoms with van der Waals surface area (Å²) in [6, 6.07) is 73.5. The average molecular weight is 736 g/mol. The van der Waals surface area contributed by atoms with E-state index in [-0.39, 0.29) is 0 Å². The van der Waals surface area contributed by atoms with Crippen LogP contribution in [0, 0.1) is 0 Å². The maximum atomic E-state index is 2.40. The van der Waals surface area contributed by atoms with E-state index in [1.807, 2.05) is 22.7 Å². The van der Waals surface area contributed by atoms with E-state index in [0.717, 1.165) is 17.1 Å². The maximum Gasteiger partial charge on any atom is 0.0467 e. The molecule has 9 aromatic carbocycles. The molecule has 1 nitrogen and oxygen atoms in total. The summed E-state index contributed by atoms with van der Waals surface area (Å²) in [6.07, 6.45) is 0. The van der Waals surface area contributed by atoms with Gasteiger partial charge < -0.3 is 4.90 Å². The first kappa shape index (κ1) is 32.0. The Balaban J connectivity index is 1.05. The number of hydrogen-bond acceptors (Lipinski definition) is 3. The molecule has 0 aliphatic rings. The molecule has 0 unspecified atom stereocenters. The van der Waals surface area contributed by atoms with E-state index in [1.54, 1.807) is 0 Å². The van der Waals surface area contributed by atoms with E-state index >= 15 is 0 Å². The molecule has 11 aromatic rings. The molecule has 0 amide bonds. The topological polar surface area (TPSA) is 3.24 Å². The SMILES string of the molecule is c1cc(-c2ccc3ccccc3c2)cc(N(c2ccc(-c3ccc4sc5ccccc5c4c3)cc2)c2cccc(-c3cccc4sc5ccccc5c34)c2)c1. The fourth-order valence-corrected chi connectivity index (χ4v) is 10.4. The van der Waals surface area contributed by atoms with Crippen molar-refractivity contribution in [2.75, 3.05) is 4.90 Å². The third kappa shape index (κ3) is 5.60. The van der Waals surface area contributed by atoms with Gasteiger partial charge in [0.25, 0.3) is 0 Å². The van der Waals surface area contributed by atoms with E-state index in [9.17, 15) is 0 Å². The molecular formula is C52H33NS2. The predicted octanol–water partition coefficient (Wildman–Crippen LogP) is 16.0. The molecule has 0 spiro atoms. The van der Waals surface area contributed by atoms with Crippen molar-refractivity contribution in [3.05, 3.63) is 200 Å². The van der Waals surface area contributed by atoms with Gasteiger partial charge >= 0.3 is 0 Å². The highest BCUT2D eigenvalue weighted by molar-refractivity contribution is 7.26. The van der Waals surface area contributed by atoms with Crippen LogP contribution in [0.5, 0.6) is 0 Å². The van der Waals surface area contributed by atoms with Crippen molar-refractivity contribution in [2.24, 2.45) is 0 Å². The predicted molar refractivity (Wildman–Crippen MR) is 241 cm³/mol. The van der Waals surface area contributed by atoms with Gasteiger partial charge in [-0.25, -0.2) is 0 Å². The number of thiophene rings is 2. The summed E-state index contributed by atoms with van der Waals surface area (Å²) in [5.41, 5.74) is 10.6. The van der Waals surface area contributed by atoms with Crippen LogP contribution in [0.4, 0.5) is 17.1 Å². The highest BCUT2D eigenvalue weighted by Crippen LogP contribution is 2.43. The summed E-state index contributed by atoms with van der Waals surface area (Å²) < 4.78 is 5.29. The number of hydrogen-bond donors (Lipinski definition) is 0. The molecule has 0 saturated carbocycles. The minimum Gasteiger partial charge on any atom is -0.310 e. The van der Waals surface area contributed by atoms with Crippen LogP contribution in [0.1, 0.15) is 0 Å². The number of benzene rings is 9. The third-order valence-corrected chi connectivity index (χ3v) is 13.1. The molecule has 0 atom stereocenters. The number of anilines is 3. The molecule has 2 aromatic heterocycles. The van der Waals surface area contributed by atoms with Crippen LogP contribution in [0.2, 0.25) is 0 Å². The van der Waals surface area contributed by atoms with Gasteiger partial charge in [-0.05, 0) is 117 Å². The first-order valence-corrected chi connectivity index (χ1v) is 20.3. The summed E-state index contributed by atoms with van der Waals surface area (Å²) in [4.78, 5) is 2.40. The van der Waals surface area contributed by atoms with Crippen molar-refractivity contribution in [2.45, 2.75) is 0 Å². The first-order valence-electron chi connectivity index (χ1n) is 18.7. The normalized spacial score (nSPS) is 11.6. The second-order valence-electron chi connectivity index (χ2n) is 14.1. The Morgan fingerprint density at radius 3 is 1.69 bits per heavy atom. The fraction of sp³-hybridized carbons (Fsp3) is 0. The Bertz CT molecular complexity index is 3220. The lowest BCUT2D eigenvalue weighted by molar-refractivity contribution is 1.28. The quantitative estimate of drug-likeness (QED) is 0.164. The van der Waals surface area contributed by atoms with E-state index in [1.165, 1.54) is 84.5 Å². The van der Waals surface area contributed by atoms with Gasteiger partial charge in [0.05, 0.1) is 0 Å². The molecule has 0 saturated heterocycles. The maximum absolute atomic E-state index is 2.40. The molecule has 0 N–H and O–H groups in total. The molecule has 0 aliphatic heterocycles. The molecule has 0 radical (unpaired) electrons. The molecular weight excluding hydrogens is 703 g/mol. The van der Waals surface area contributed by atoms with Crippen molar-refractivity contribution in [1.29, 1.82) is 0 Å². The summed E-state index contributed by atoms with van der Waals surface area (Å²) >= 11 is 3.73. The summed E-state index contributed by atoms with van der Waals surface area (Å²) in [5.74, 6) is 0. The van der Waals surface area contributed by atoms with Gasteiger partial charge in [-0.15, -0.1) is 22.7 Å². The minimum absolute atomic E-state index is 1.11. The van der Waals surface area contributed by atoms with E-state index in [0.29, 0.717) is 0 Å². The molecule has 0 fully saturated rings. The van der Waals surface area contributed by atoms with Crippen molar-refractivity contribution in [1.82, 2.24) is 0 Å². The highest BCUT2D eigenvalue weighted by Gasteiger charge is 2.17. The minimum atomic E-state index is 1.11. The molecule has 2 heterocycles. The molecule has 11 rings (SSSR count). The summed E-state index contributed by atoms with van der Waals surface area (Å²) in [5, 5.41) is 7.77. The number of rotatable bonds is 6. The van der Waals surface area contributed by atoms with Crippen LogP contribution in [0.3, 0.4) is 0 Å². The largest absolute Gasteiger partial charge is 0.310 e. The van der Waals surface area contributed by atoms with Crippen molar-refractivity contribution < 1.29 is 0 Å². The van der Waals surface area contributed by atoms with Crippen LogP contribution < -0.4 is 4.90 Å². The highest BCUT2D eigenvalue weighted by atomic mass is 32.1. The molecule has 258 valence electrons. The Hall–Kier alpha value is -6.52. The van der Waals surface area contributed by atoms with Crippen LogP contribution >= 0.6 is 22.7 Å². The molecule has 55 heavy (non-hydrogen) atoms. The van der Waals surface area contributed by atoms with Gasteiger partial charge in [-0.2, -0.15) is 0 Å². The monoisotopic (exact) mass is 735 g/mol. The zero-order valence-electron chi connectivity index (χ0n) is 29.8. The lowest BCUT2D eigenvalue weighted by Crippen LogP contribution is -2.10. The second-order valence-corrected chi connectivity index (χ2v) is 16.3. The number of fused-ring (bicyclic) bond motifs is 7. The molecule has 3 heteroatoms. The molecule has 0 bridgehead atoms. The first-order chi connectivity index (χ1) is 27.2. The standard InChI is InChI=1S/C52H33NS2/c1-2-11-36-30-38(23-22-34(36)10-1)37-12-7-14-42(31-37)53(41-27-24-35(25-28-41)39-26-29-50-47(33-39)45-16-3-5-19-48(45)54-50)43-15-8-13-40(32-43)44-18-9-21-51-52(44)46-17-4-6-20-49(46)55-51/h1-33H. The molecule has 0 aliphatic carbocycles. The average Bonchev–Trinajstić information content (AvgIpc) is 3.82. The van der Waals surface area contributed by atoms with Gasteiger partial charge in [-0.3, -0.25) is 0 Å². The van der Waals surface area contributed by atoms with Crippen molar-refractivity contribution in [3.8, 4) is 33.4 Å². The lowest BCUT2D eigenvalue weighted by atomic mass is 9.98. The van der Waals surface area contributed by atoms with Gasteiger partial charge in [0.1, 0.15) is 0 Å². The van der Waals surface area contributed by atoms with Gasteiger partial charge in [0, 0.05) is 57.4 Å². The third-order valence-electron chi connectivity index (χ3n) is 10.8. The lowest BCUT2D eigenvalue weighted by Gasteiger charge is -2.27. The van der Waals surface area contributed by atoms with Crippen LogP contribution in [0.15, 0.2) is 200 Å². The number of nitrogens with zero attached hydrogens (tertiary/aromatic N) is 1. The van der Waals surface area contributed by atoms with E-state index in [2.05, 4.69) is 205 Å². The van der Waals surface area contributed by atoms with Crippen LogP contribution in [0.25, 0.3) is 84.5 Å². The van der Waals surface area contributed by atoms with Crippen molar-refractivity contribution >= 4 is 90.9 Å². The van der Waals surface area contributed by atoms with Crippen molar-refractivity contribution in [3.63, 3.8) is 0 Å². The Labute approximate surface area is 327 Å². The van der Waals surface area contributed by atoms with Gasteiger partial charge in [0.15, 0.2) is 0 Å². The summed E-state index contributed by atoms with van der Waals surface area (Å²) in [7, 11) is 0. The Morgan fingerprint density at radius 2 is 0.855 bits per heavy atom.